The van der Waals surface area contributed by atoms with Gasteiger partial charge in [-0.1, -0.05) is 65.3 Å². The summed E-state index contributed by atoms with van der Waals surface area (Å²) in [4.78, 5) is 0. The van der Waals surface area contributed by atoms with Crippen LogP contribution in [0.4, 0.5) is 0 Å². The van der Waals surface area contributed by atoms with E-state index in [-0.39, 0.29) is 0 Å². The Hall–Kier alpha value is -1.12. The highest BCUT2D eigenvalue weighted by Crippen LogP contribution is 2.25. The van der Waals surface area contributed by atoms with E-state index in [1.807, 2.05) is 7.05 Å². The van der Waals surface area contributed by atoms with Crippen molar-refractivity contribution in [2.75, 3.05) is 7.05 Å². The summed E-state index contributed by atoms with van der Waals surface area (Å²) in [5, 5.41) is 3.44. The van der Waals surface area contributed by atoms with Crippen molar-refractivity contribution in [2.24, 2.45) is 5.92 Å². The Balaban J connectivity index is 2.11. The first-order valence-corrected chi connectivity index (χ1v) is 7.46. The molecule has 0 aliphatic rings. The molecule has 1 N–H and O–H groups in total. The molecule has 2 rings (SSSR count). The maximum Gasteiger partial charge on any atom is 0.0346 e. The van der Waals surface area contributed by atoms with Crippen LogP contribution < -0.4 is 5.32 Å². The van der Waals surface area contributed by atoms with Crippen LogP contribution in [0.3, 0.4) is 0 Å². The first kappa shape index (κ1) is 14.3. The van der Waals surface area contributed by atoms with E-state index in [2.05, 4.69) is 82.8 Å². The van der Waals surface area contributed by atoms with Gasteiger partial charge in [0.05, 0.1) is 0 Å². The Labute approximate surface area is 124 Å². The summed E-state index contributed by atoms with van der Waals surface area (Å²) in [5.74, 6) is 0.543. The molecule has 19 heavy (non-hydrogen) atoms. The molecule has 0 aliphatic heterocycles. The molecule has 0 heterocycles. The highest BCUT2D eigenvalue weighted by atomic mass is 79.9. The predicted molar refractivity (Wildman–Crippen MR) is 85.3 cm³/mol. The van der Waals surface area contributed by atoms with Crippen LogP contribution in [-0.4, -0.2) is 7.05 Å². The number of halogens is 1. The van der Waals surface area contributed by atoms with Crippen LogP contribution in [0.25, 0.3) is 0 Å². The fourth-order valence-electron chi connectivity index (χ4n) is 2.59. The minimum atomic E-state index is 0.389. The second-order valence-electron chi connectivity index (χ2n) is 4.99. The Kier molecular flexibility index (Phi) is 5.17. The lowest BCUT2D eigenvalue weighted by molar-refractivity contribution is 0.409. The van der Waals surface area contributed by atoms with Crippen molar-refractivity contribution in [3.63, 3.8) is 0 Å². The maximum absolute atomic E-state index is 3.54. The molecule has 0 radical (unpaired) electrons. The van der Waals surface area contributed by atoms with E-state index in [4.69, 9.17) is 0 Å². The van der Waals surface area contributed by atoms with E-state index in [9.17, 15) is 0 Å². The molecular formula is C17H20BrN. The lowest BCUT2D eigenvalue weighted by Crippen LogP contribution is -2.24. The fourth-order valence-corrected chi connectivity index (χ4v) is 3.04. The van der Waals surface area contributed by atoms with E-state index in [0.29, 0.717) is 12.0 Å². The van der Waals surface area contributed by atoms with Crippen LogP contribution in [-0.2, 0) is 6.42 Å². The fraction of sp³-hybridized carbons (Fsp3) is 0.294. The van der Waals surface area contributed by atoms with Crippen molar-refractivity contribution in [3.8, 4) is 0 Å². The largest absolute Gasteiger partial charge is 0.313 e. The van der Waals surface area contributed by atoms with Gasteiger partial charge in [-0.2, -0.15) is 0 Å². The monoisotopic (exact) mass is 317 g/mol. The average Bonchev–Trinajstić information content (AvgIpc) is 2.41. The summed E-state index contributed by atoms with van der Waals surface area (Å²) in [5.41, 5.74) is 2.73. The van der Waals surface area contributed by atoms with E-state index in [1.54, 1.807) is 0 Å². The van der Waals surface area contributed by atoms with Crippen LogP contribution in [0.5, 0.6) is 0 Å². The van der Waals surface area contributed by atoms with Gasteiger partial charge in [0.2, 0.25) is 0 Å². The molecule has 0 amide bonds. The third-order valence-electron chi connectivity index (χ3n) is 3.49. The smallest absolute Gasteiger partial charge is 0.0346 e. The Bertz CT molecular complexity index is 510. The molecule has 100 valence electrons. The Morgan fingerprint density at radius 1 is 1.05 bits per heavy atom. The normalized spacial score (nSPS) is 14.1. The molecule has 2 aromatic carbocycles. The van der Waals surface area contributed by atoms with Crippen LogP contribution in [0.15, 0.2) is 59.1 Å². The highest BCUT2D eigenvalue weighted by molar-refractivity contribution is 9.10. The predicted octanol–water partition coefficient (Wildman–Crippen LogP) is 4.59. The first-order valence-electron chi connectivity index (χ1n) is 6.67. The molecule has 0 saturated heterocycles. The molecule has 2 aromatic rings. The number of nitrogens with one attached hydrogen (secondary N) is 1. The molecule has 1 nitrogen and oxygen atoms in total. The quantitative estimate of drug-likeness (QED) is 0.850. The summed E-state index contributed by atoms with van der Waals surface area (Å²) < 4.78 is 1.15. The Morgan fingerprint density at radius 3 is 2.42 bits per heavy atom. The SMILES string of the molecule is CNC(c1ccccc1)C(C)Cc1cccc(Br)c1. The Morgan fingerprint density at radius 2 is 1.79 bits per heavy atom. The molecule has 0 aliphatic carbocycles. The molecule has 0 aromatic heterocycles. The molecule has 0 spiro atoms. The number of hydrogen-bond donors (Lipinski definition) is 1. The minimum Gasteiger partial charge on any atom is -0.313 e. The van der Waals surface area contributed by atoms with Crippen molar-refractivity contribution in [3.05, 3.63) is 70.2 Å². The van der Waals surface area contributed by atoms with Gasteiger partial charge in [-0.05, 0) is 42.6 Å². The van der Waals surface area contributed by atoms with Crippen molar-refractivity contribution < 1.29 is 0 Å². The van der Waals surface area contributed by atoms with Crippen molar-refractivity contribution >= 4 is 15.9 Å². The topological polar surface area (TPSA) is 12.0 Å². The van der Waals surface area contributed by atoms with Crippen LogP contribution in [0.2, 0.25) is 0 Å². The van der Waals surface area contributed by atoms with Gasteiger partial charge in [-0.3, -0.25) is 0 Å². The molecule has 2 heteroatoms. The minimum absolute atomic E-state index is 0.389. The van der Waals surface area contributed by atoms with Gasteiger partial charge in [0.1, 0.15) is 0 Å². The average molecular weight is 318 g/mol. The van der Waals surface area contributed by atoms with Crippen LogP contribution >= 0.6 is 15.9 Å². The van der Waals surface area contributed by atoms with Crippen molar-refractivity contribution in [1.82, 2.24) is 5.32 Å². The van der Waals surface area contributed by atoms with Gasteiger partial charge >= 0.3 is 0 Å². The lowest BCUT2D eigenvalue weighted by Gasteiger charge is -2.24. The van der Waals surface area contributed by atoms with Crippen molar-refractivity contribution in [1.29, 1.82) is 0 Å². The molecule has 0 fully saturated rings. The zero-order valence-electron chi connectivity index (χ0n) is 11.4. The van der Waals surface area contributed by atoms with Crippen LogP contribution in [0.1, 0.15) is 24.1 Å². The van der Waals surface area contributed by atoms with Crippen LogP contribution in [0, 0.1) is 5.92 Å². The number of benzene rings is 2. The van der Waals surface area contributed by atoms with Gasteiger partial charge in [0, 0.05) is 10.5 Å². The molecule has 2 atom stereocenters. The van der Waals surface area contributed by atoms with E-state index in [0.717, 1.165) is 10.9 Å². The van der Waals surface area contributed by atoms with Crippen molar-refractivity contribution in [2.45, 2.75) is 19.4 Å². The van der Waals surface area contributed by atoms with Gasteiger partial charge in [-0.25, -0.2) is 0 Å². The summed E-state index contributed by atoms with van der Waals surface area (Å²) in [7, 11) is 2.04. The third-order valence-corrected chi connectivity index (χ3v) is 3.98. The molecule has 2 unspecified atom stereocenters. The van der Waals surface area contributed by atoms with E-state index >= 15 is 0 Å². The van der Waals surface area contributed by atoms with Gasteiger partial charge in [-0.15, -0.1) is 0 Å². The summed E-state index contributed by atoms with van der Waals surface area (Å²) >= 11 is 3.54. The third kappa shape index (κ3) is 3.92. The summed E-state index contributed by atoms with van der Waals surface area (Å²) in [6, 6.07) is 19.6. The van der Waals surface area contributed by atoms with Gasteiger partial charge < -0.3 is 5.32 Å². The second kappa shape index (κ2) is 6.88. The molecule has 0 saturated carbocycles. The first-order chi connectivity index (χ1) is 9.20. The number of hydrogen-bond acceptors (Lipinski definition) is 1. The highest BCUT2D eigenvalue weighted by Gasteiger charge is 2.17. The van der Waals surface area contributed by atoms with E-state index in [1.165, 1.54) is 11.1 Å². The second-order valence-corrected chi connectivity index (χ2v) is 5.90. The number of rotatable bonds is 5. The molecule has 0 bridgehead atoms. The lowest BCUT2D eigenvalue weighted by atomic mass is 9.89. The summed E-state index contributed by atoms with van der Waals surface area (Å²) in [6.07, 6.45) is 1.07. The van der Waals surface area contributed by atoms with E-state index < -0.39 is 0 Å². The zero-order valence-corrected chi connectivity index (χ0v) is 13.0. The molecular weight excluding hydrogens is 298 g/mol. The van der Waals surface area contributed by atoms with Gasteiger partial charge in [0.15, 0.2) is 0 Å². The standard InChI is InChI=1S/C17H20BrN/c1-13(11-14-7-6-10-16(18)12-14)17(19-2)15-8-4-3-5-9-15/h3-10,12-13,17,19H,11H2,1-2H3. The van der Waals surface area contributed by atoms with Gasteiger partial charge in [0.25, 0.3) is 0 Å². The zero-order chi connectivity index (χ0) is 13.7. The summed E-state index contributed by atoms with van der Waals surface area (Å²) in [6.45, 7) is 2.30. The maximum atomic E-state index is 3.54.